The molecule has 0 atom stereocenters. The van der Waals surface area contributed by atoms with Crippen LogP contribution < -0.4 is 0 Å². The predicted octanol–water partition coefficient (Wildman–Crippen LogP) is 1.82. The summed E-state index contributed by atoms with van der Waals surface area (Å²) in [6.07, 6.45) is 2.95. The highest BCUT2D eigenvalue weighted by atomic mass is 19.1. The van der Waals surface area contributed by atoms with Crippen molar-refractivity contribution in [2.45, 2.75) is 0 Å². The third-order valence-corrected chi connectivity index (χ3v) is 1.76. The van der Waals surface area contributed by atoms with E-state index in [1.165, 1.54) is 31.4 Å². The Hall–Kier alpha value is -1.97. The lowest BCUT2D eigenvalue weighted by molar-refractivity contribution is -0.134. The zero-order valence-corrected chi connectivity index (χ0v) is 8.07. The number of hydrogen-bond acceptors (Lipinski definition) is 3. The summed E-state index contributed by atoms with van der Waals surface area (Å²) in [6, 6.07) is 3.88. The van der Waals surface area contributed by atoms with Crippen LogP contribution in [0.25, 0.3) is 6.08 Å². The zero-order chi connectivity index (χ0) is 11.3. The van der Waals surface area contributed by atoms with Gasteiger partial charge in [0, 0.05) is 17.2 Å². The maximum Gasteiger partial charge on any atom is 0.330 e. The van der Waals surface area contributed by atoms with Gasteiger partial charge in [0.25, 0.3) is 0 Å². The number of esters is 1. The molecule has 0 aromatic heterocycles. The minimum absolute atomic E-state index is 0.171. The Morgan fingerprint density at radius 3 is 2.80 bits per heavy atom. The van der Waals surface area contributed by atoms with E-state index >= 15 is 0 Å². The molecule has 0 aliphatic rings. The van der Waals surface area contributed by atoms with Crippen molar-refractivity contribution in [3.63, 3.8) is 0 Å². The zero-order valence-electron chi connectivity index (χ0n) is 8.07. The number of methoxy groups -OCH3 is 1. The number of benzene rings is 1. The highest BCUT2D eigenvalue weighted by Gasteiger charge is 2.00. The van der Waals surface area contributed by atoms with Gasteiger partial charge in [-0.1, -0.05) is 0 Å². The molecule has 3 nitrogen and oxygen atoms in total. The molecular weight excluding hydrogens is 199 g/mol. The second kappa shape index (κ2) is 5.05. The summed E-state index contributed by atoms with van der Waals surface area (Å²) in [5.74, 6) is -1.08. The fourth-order valence-electron chi connectivity index (χ4n) is 0.989. The summed E-state index contributed by atoms with van der Waals surface area (Å²) >= 11 is 0. The van der Waals surface area contributed by atoms with E-state index in [0.29, 0.717) is 11.8 Å². The number of rotatable bonds is 3. The van der Waals surface area contributed by atoms with Gasteiger partial charge in [-0.15, -0.1) is 0 Å². The van der Waals surface area contributed by atoms with Crippen molar-refractivity contribution in [3.05, 3.63) is 41.2 Å². The minimum Gasteiger partial charge on any atom is -0.466 e. The van der Waals surface area contributed by atoms with Crippen LogP contribution in [0.15, 0.2) is 24.3 Å². The van der Waals surface area contributed by atoms with E-state index in [0.717, 1.165) is 6.08 Å². The first kappa shape index (κ1) is 11.1. The van der Waals surface area contributed by atoms with Gasteiger partial charge in [0.2, 0.25) is 0 Å². The SMILES string of the molecule is COC(=O)C=Cc1cc(C=O)ccc1F. The van der Waals surface area contributed by atoms with E-state index in [-0.39, 0.29) is 5.56 Å². The summed E-state index contributed by atoms with van der Waals surface area (Å²) in [4.78, 5) is 21.2. The Balaban J connectivity index is 2.97. The molecule has 0 saturated heterocycles. The van der Waals surface area contributed by atoms with E-state index in [4.69, 9.17) is 0 Å². The molecule has 0 N–H and O–H groups in total. The lowest BCUT2D eigenvalue weighted by Crippen LogP contribution is -1.94. The lowest BCUT2D eigenvalue weighted by atomic mass is 10.1. The molecule has 0 aliphatic heterocycles. The van der Waals surface area contributed by atoms with Crippen LogP contribution in [0, 0.1) is 5.82 Å². The van der Waals surface area contributed by atoms with Gasteiger partial charge >= 0.3 is 5.97 Å². The molecule has 0 aliphatic carbocycles. The quantitative estimate of drug-likeness (QED) is 0.432. The molecule has 1 rings (SSSR count). The van der Waals surface area contributed by atoms with Gasteiger partial charge in [-0.3, -0.25) is 4.79 Å². The second-order valence-corrected chi connectivity index (χ2v) is 2.76. The van der Waals surface area contributed by atoms with Crippen molar-refractivity contribution in [2.75, 3.05) is 7.11 Å². The largest absolute Gasteiger partial charge is 0.466 e. The van der Waals surface area contributed by atoms with Crippen molar-refractivity contribution >= 4 is 18.3 Å². The molecule has 0 radical (unpaired) electrons. The summed E-state index contributed by atoms with van der Waals surface area (Å²) in [7, 11) is 1.23. The molecule has 0 spiro atoms. The Morgan fingerprint density at radius 2 is 2.20 bits per heavy atom. The maximum absolute atomic E-state index is 13.1. The van der Waals surface area contributed by atoms with Gasteiger partial charge < -0.3 is 4.74 Å². The topological polar surface area (TPSA) is 43.4 Å². The minimum atomic E-state index is -0.578. The monoisotopic (exact) mass is 208 g/mol. The van der Waals surface area contributed by atoms with Crippen LogP contribution in [-0.4, -0.2) is 19.4 Å². The molecule has 0 unspecified atom stereocenters. The van der Waals surface area contributed by atoms with E-state index in [1.807, 2.05) is 0 Å². The van der Waals surface area contributed by atoms with E-state index < -0.39 is 11.8 Å². The highest BCUT2D eigenvalue weighted by molar-refractivity contribution is 5.87. The van der Waals surface area contributed by atoms with Crippen LogP contribution in [0.5, 0.6) is 0 Å². The average molecular weight is 208 g/mol. The van der Waals surface area contributed by atoms with Gasteiger partial charge in [-0.25, -0.2) is 9.18 Å². The Kier molecular flexibility index (Phi) is 3.74. The normalized spacial score (nSPS) is 10.3. The molecule has 0 fully saturated rings. The fraction of sp³-hybridized carbons (Fsp3) is 0.0909. The third-order valence-electron chi connectivity index (χ3n) is 1.76. The number of ether oxygens (including phenoxy) is 1. The number of hydrogen-bond donors (Lipinski definition) is 0. The first-order valence-electron chi connectivity index (χ1n) is 4.18. The lowest BCUT2D eigenvalue weighted by Gasteiger charge is -1.97. The van der Waals surface area contributed by atoms with Gasteiger partial charge in [0.1, 0.15) is 12.1 Å². The summed E-state index contributed by atoms with van der Waals surface area (Å²) in [5.41, 5.74) is 0.519. The van der Waals surface area contributed by atoms with Crippen molar-refractivity contribution in [3.8, 4) is 0 Å². The Labute approximate surface area is 86.2 Å². The number of carbonyl (C=O) groups is 2. The molecular formula is C11H9FO3. The van der Waals surface area contributed by atoms with Crippen molar-refractivity contribution < 1.29 is 18.7 Å². The second-order valence-electron chi connectivity index (χ2n) is 2.76. The standard InChI is InChI=1S/C11H9FO3/c1-15-11(14)5-3-9-6-8(7-13)2-4-10(9)12/h2-7H,1H3. The first-order chi connectivity index (χ1) is 7.17. The van der Waals surface area contributed by atoms with Crippen LogP contribution in [0.2, 0.25) is 0 Å². The van der Waals surface area contributed by atoms with Crippen LogP contribution in [0.3, 0.4) is 0 Å². The molecule has 0 heterocycles. The molecule has 4 heteroatoms. The van der Waals surface area contributed by atoms with Gasteiger partial charge in [-0.05, 0) is 24.3 Å². The van der Waals surface area contributed by atoms with Crippen LogP contribution in [0.1, 0.15) is 15.9 Å². The van der Waals surface area contributed by atoms with Gasteiger partial charge in [-0.2, -0.15) is 0 Å². The summed E-state index contributed by atoms with van der Waals surface area (Å²) in [5, 5.41) is 0. The van der Waals surface area contributed by atoms with Crippen LogP contribution in [-0.2, 0) is 9.53 Å². The smallest absolute Gasteiger partial charge is 0.330 e. The van der Waals surface area contributed by atoms with E-state index in [2.05, 4.69) is 4.74 Å². The third kappa shape index (κ3) is 3.02. The molecule has 0 saturated carbocycles. The van der Waals surface area contributed by atoms with Gasteiger partial charge in [0.15, 0.2) is 0 Å². The predicted molar refractivity (Wildman–Crippen MR) is 52.8 cm³/mol. The molecule has 0 amide bonds. The Bertz CT molecular complexity index is 410. The molecule has 15 heavy (non-hydrogen) atoms. The van der Waals surface area contributed by atoms with Gasteiger partial charge in [0.05, 0.1) is 7.11 Å². The first-order valence-corrected chi connectivity index (χ1v) is 4.18. The van der Waals surface area contributed by atoms with E-state index in [1.54, 1.807) is 0 Å². The Morgan fingerprint density at radius 1 is 1.47 bits per heavy atom. The van der Waals surface area contributed by atoms with E-state index in [9.17, 15) is 14.0 Å². The summed E-state index contributed by atoms with van der Waals surface area (Å²) in [6.45, 7) is 0. The van der Waals surface area contributed by atoms with Crippen LogP contribution >= 0.6 is 0 Å². The average Bonchev–Trinajstić information content (AvgIpc) is 2.27. The maximum atomic E-state index is 13.1. The van der Waals surface area contributed by atoms with Crippen molar-refractivity contribution in [1.29, 1.82) is 0 Å². The number of carbonyl (C=O) groups excluding carboxylic acids is 2. The molecule has 78 valence electrons. The van der Waals surface area contributed by atoms with Crippen molar-refractivity contribution in [1.82, 2.24) is 0 Å². The molecule has 1 aromatic carbocycles. The molecule has 1 aromatic rings. The highest BCUT2D eigenvalue weighted by Crippen LogP contribution is 2.11. The van der Waals surface area contributed by atoms with Crippen LogP contribution in [0.4, 0.5) is 4.39 Å². The fourth-order valence-corrected chi connectivity index (χ4v) is 0.989. The number of aldehydes is 1. The van der Waals surface area contributed by atoms with Crippen molar-refractivity contribution in [2.24, 2.45) is 0 Å². The summed E-state index contributed by atoms with van der Waals surface area (Å²) < 4.78 is 17.5. The number of halogens is 1. The molecule has 0 bridgehead atoms.